The van der Waals surface area contributed by atoms with E-state index in [2.05, 4.69) is 29.0 Å². The monoisotopic (exact) mass is 719 g/mol. The summed E-state index contributed by atoms with van der Waals surface area (Å²) in [6, 6.07) is 16.6. The third kappa shape index (κ3) is 15.0. The van der Waals surface area contributed by atoms with Crippen molar-refractivity contribution in [3.63, 3.8) is 0 Å². The van der Waals surface area contributed by atoms with Gasteiger partial charge in [0.25, 0.3) is 0 Å². The molecule has 0 saturated carbocycles. The highest BCUT2D eigenvalue weighted by molar-refractivity contribution is 5.98. The molecule has 2 unspecified atom stereocenters. The molecule has 0 aliphatic carbocycles. The number of hydrogen-bond acceptors (Lipinski definition) is 7. The van der Waals surface area contributed by atoms with E-state index in [4.69, 9.17) is 14.2 Å². The van der Waals surface area contributed by atoms with Gasteiger partial charge >= 0.3 is 0 Å². The Kier molecular flexibility index (Phi) is 17.7. The number of carbonyl (C=O) groups excluding carboxylic acids is 4. The van der Waals surface area contributed by atoms with E-state index in [0.717, 1.165) is 17.5 Å². The van der Waals surface area contributed by atoms with Gasteiger partial charge in [-0.3, -0.25) is 19.2 Å². The Bertz CT molecular complexity index is 1440. The Balaban J connectivity index is 1.76. The van der Waals surface area contributed by atoms with Crippen LogP contribution in [0.25, 0.3) is 0 Å². The van der Waals surface area contributed by atoms with Crippen LogP contribution in [-0.4, -0.2) is 79.8 Å². The van der Waals surface area contributed by atoms with E-state index in [-0.39, 0.29) is 30.6 Å². The maximum Gasteiger partial charge on any atom is 0.249 e. The van der Waals surface area contributed by atoms with Crippen molar-refractivity contribution >= 4 is 23.5 Å². The molecule has 5 atom stereocenters. The normalized spacial score (nSPS) is 18.0. The van der Waals surface area contributed by atoms with Crippen LogP contribution in [0, 0.1) is 11.8 Å². The van der Waals surface area contributed by atoms with Crippen molar-refractivity contribution in [2.24, 2.45) is 11.8 Å². The van der Waals surface area contributed by atoms with Crippen LogP contribution in [0.2, 0.25) is 0 Å². The summed E-state index contributed by atoms with van der Waals surface area (Å²) in [6.07, 6.45) is 4.07. The van der Waals surface area contributed by atoms with E-state index in [1.807, 2.05) is 95.3 Å². The molecule has 3 amide bonds. The Hall–Kier alpha value is -3.86. The largest absolute Gasteiger partial charge is 0.379 e. The van der Waals surface area contributed by atoms with Crippen molar-refractivity contribution in [3.05, 3.63) is 83.4 Å². The number of allylic oxidation sites excluding steroid dienone is 1. The van der Waals surface area contributed by atoms with Crippen LogP contribution < -0.4 is 16.0 Å². The van der Waals surface area contributed by atoms with E-state index in [1.54, 1.807) is 6.92 Å². The number of Topliss-reactive ketones (excluding diaryl/α,β-unsaturated/α-hetero) is 1. The van der Waals surface area contributed by atoms with Gasteiger partial charge in [-0.15, -0.1) is 0 Å². The molecule has 1 heterocycles. The minimum Gasteiger partial charge on any atom is -0.379 e. The highest BCUT2D eigenvalue weighted by Crippen LogP contribution is 2.29. The first-order valence-corrected chi connectivity index (χ1v) is 18.8. The lowest BCUT2D eigenvalue weighted by molar-refractivity contribution is -0.139. The molecule has 1 aliphatic rings. The molecule has 1 saturated heterocycles. The average Bonchev–Trinajstić information content (AvgIpc) is 3.87. The maximum absolute atomic E-state index is 14.0. The lowest BCUT2D eigenvalue weighted by Gasteiger charge is -2.28. The number of amides is 3. The standard InChI is InChI=1S/C42H61N3O7/c1-8-31(6)21-22-50-23-24-51-37(20-19-32-15-11-9-12-16-32)41(49)45-35(26-30(4)5)39(47)44-36(27-33-17-13-10-14-18-33)40(48)43-34(25-29(2)3)38(46)42(7)28-52-42/h8-18,29-30,34-37H,19-28H2,1-7H3,(H,43,48)(H,44,47)(H,45,49)/b31-8+/t34?,35-,36-,37?,42+/m0/s1. The molecule has 2 aromatic carbocycles. The van der Waals surface area contributed by atoms with Gasteiger partial charge in [-0.2, -0.15) is 0 Å². The first kappa shape index (κ1) is 42.6. The molecule has 10 nitrogen and oxygen atoms in total. The highest BCUT2D eigenvalue weighted by Gasteiger charge is 2.50. The van der Waals surface area contributed by atoms with Gasteiger partial charge in [0.1, 0.15) is 23.8 Å². The summed E-state index contributed by atoms with van der Waals surface area (Å²) < 4.78 is 17.2. The van der Waals surface area contributed by atoms with E-state index >= 15 is 0 Å². The van der Waals surface area contributed by atoms with Gasteiger partial charge in [-0.05, 0) is 75.8 Å². The van der Waals surface area contributed by atoms with Crippen molar-refractivity contribution in [3.8, 4) is 0 Å². The van der Waals surface area contributed by atoms with Crippen molar-refractivity contribution in [2.75, 3.05) is 26.4 Å². The van der Waals surface area contributed by atoms with Crippen LogP contribution in [0.1, 0.15) is 85.3 Å². The topological polar surface area (TPSA) is 135 Å². The molecule has 0 spiro atoms. The number of rotatable bonds is 24. The number of hydrogen-bond donors (Lipinski definition) is 3. The second-order valence-electron chi connectivity index (χ2n) is 14.9. The Labute approximate surface area is 310 Å². The smallest absolute Gasteiger partial charge is 0.249 e. The Morgan fingerprint density at radius 2 is 1.31 bits per heavy atom. The predicted molar refractivity (Wildman–Crippen MR) is 204 cm³/mol. The van der Waals surface area contributed by atoms with Gasteiger partial charge in [0.15, 0.2) is 5.78 Å². The third-order valence-corrected chi connectivity index (χ3v) is 9.21. The molecule has 3 rings (SSSR count). The first-order valence-electron chi connectivity index (χ1n) is 18.8. The van der Waals surface area contributed by atoms with Crippen molar-refractivity contribution < 1.29 is 33.4 Å². The van der Waals surface area contributed by atoms with E-state index in [9.17, 15) is 19.2 Å². The quantitative estimate of drug-likeness (QED) is 0.0739. The number of ether oxygens (including phenoxy) is 3. The lowest BCUT2D eigenvalue weighted by atomic mass is 9.93. The molecule has 3 N–H and O–H groups in total. The van der Waals surface area contributed by atoms with Crippen LogP contribution in [0.5, 0.6) is 0 Å². The van der Waals surface area contributed by atoms with E-state index in [1.165, 1.54) is 5.57 Å². The van der Waals surface area contributed by atoms with Gasteiger partial charge in [-0.1, -0.05) is 100 Å². The van der Waals surface area contributed by atoms with Crippen LogP contribution in [-0.2, 0) is 46.2 Å². The summed E-state index contributed by atoms with van der Waals surface area (Å²) in [6.45, 7) is 15.1. The number of benzene rings is 2. The summed E-state index contributed by atoms with van der Waals surface area (Å²) in [7, 11) is 0. The summed E-state index contributed by atoms with van der Waals surface area (Å²) in [5.41, 5.74) is 2.25. The zero-order valence-corrected chi connectivity index (χ0v) is 32.2. The van der Waals surface area contributed by atoms with Gasteiger partial charge < -0.3 is 30.2 Å². The van der Waals surface area contributed by atoms with Gasteiger partial charge in [0, 0.05) is 6.42 Å². The van der Waals surface area contributed by atoms with Gasteiger partial charge in [0.05, 0.1) is 32.5 Å². The zero-order chi connectivity index (χ0) is 38.1. The minimum atomic E-state index is -0.995. The third-order valence-electron chi connectivity index (χ3n) is 9.21. The number of nitrogens with one attached hydrogen (secondary N) is 3. The fourth-order valence-electron chi connectivity index (χ4n) is 5.85. The SMILES string of the molecule is C/C=C(\C)CCOCCOC(CCc1ccccc1)C(=O)N[C@@H](CC(C)C)C(=O)N[C@@H](Cc1ccccc1)C(=O)NC(CC(C)C)C(=O)[C@@]1(C)CO1. The van der Waals surface area contributed by atoms with Crippen molar-refractivity contribution in [2.45, 2.75) is 117 Å². The second-order valence-corrected chi connectivity index (χ2v) is 14.9. The summed E-state index contributed by atoms with van der Waals surface area (Å²) >= 11 is 0. The van der Waals surface area contributed by atoms with Crippen LogP contribution in [0.3, 0.4) is 0 Å². The molecule has 1 aliphatic heterocycles. The second kappa shape index (κ2) is 21.6. The number of epoxide rings is 1. The van der Waals surface area contributed by atoms with Crippen molar-refractivity contribution in [1.29, 1.82) is 0 Å². The first-order chi connectivity index (χ1) is 24.8. The molecule has 286 valence electrons. The summed E-state index contributed by atoms with van der Waals surface area (Å²) in [5, 5.41) is 8.82. The van der Waals surface area contributed by atoms with Gasteiger partial charge in [-0.25, -0.2) is 0 Å². The fraction of sp³-hybridized carbons (Fsp3) is 0.571. The molecular weight excluding hydrogens is 658 g/mol. The average molecular weight is 720 g/mol. The number of aryl methyl sites for hydroxylation is 1. The van der Waals surface area contributed by atoms with Crippen LogP contribution in [0.15, 0.2) is 72.3 Å². The molecule has 0 aromatic heterocycles. The lowest BCUT2D eigenvalue weighted by Crippen LogP contribution is -2.58. The molecule has 1 fully saturated rings. The Morgan fingerprint density at radius 3 is 1.88 bits per heavy atom. The minimum absolute atomic E-state index is 0.0579. The van der Waals surface area contributed by atoms with E-state index < -0.39 is 47.6 Å². The highest BCUT2D eigenvalue weighted by atomic mass is 16.6. The molecule has 0 radical (unpaired) electrons. The molecule has 10 heteroatoms. The number of carbonyl (C=O) groups is 4. The molecule has 0 bridgehead atoms. The van der Waals surface area contributed by atoms with Crippen LogP contribution in [0.4, 0.5) is 0 Å². The summed E-state index contributed by atoms with van der Waals surface area (Å²) in [5.74, 6) is -1.33. The zero-order valence-electron chi connectivity index (χ0n) is 32.2. The van der Waals surface area contributed by atoms with E-state index in [0.29, 0.717) is 45.5 Å². The molecular formula is C42H61N3O7. The predicted octanol–water partition coefficient (Wildman–Crippen LogP) is 5.52. The molecule has 52 heavy (non-hydrogen) atoms. The van der Waals surface area contributed by atoms with Crippen LogP contribution >= 0.6 is 0 Å². The number of ketones is 1. The molecule has 2 aromatic rings. The fourth-order valence-corrected chi connectivity index (χ4v) is 5.85. The van der Waals surface area contributed by atoms with Crippen molar-refractivity contribution in [1.82, 2.24) is 16.0 Å². The van der Waals surface area contributed by atoms with Gasteiger partial charge in [0.2, 0.25) is 17.7 Å². The summed E-state index contributed by atoms with van der Waals surface area (Å²) in [4.78, 5) is 55.1. The maximum atomic E-state index is 14.0. The Morgan fingerprint density at radius 1 is 0.769 bits per heavy atom.